The van der Waals surface area contributed by atoms with E-state index in [4.69, 9.17) is 21.1 Å². The topological polar surface area (TPSA) is 97.0 Å². The van der Waals surface area contributed by atoms with Crippen LogP contribution in [0.15, 0.2) is 91.0 Å². The van der Waals surface area contributed by atoms with Crippen molar-refractivity contribution in [1.82, 2.24) is 10.2 Å². The molecule has 8 nitrogen and oxygen atoms in total. The van der Waals surface area contributed by atoms with E-state index < -0.39 is 29.6 Å². The van der Waals surface area contributed by atoms with Gasteiger partial charge in [0, 0.05) is 23.3 Å². The number of rotatable bonds is 8. The highest BCUT2D eigenvalue weighted by molar-refractivity contribution is 6.31. The van der Waals surface area contributed by atoms with Crippen molar-refractivity contribution in [2.24, 2.45) is 11.8 Å². The van der Waals surface area contributed by atoms with E-state index in [0.29, 0.717) is 22.2 Å². The SMILES string of the molecule is O=C(Nc1ccc(Oc2ccccc2)cc1)[C@H]1[C@H]2C=C[C@]3(O2)[C@H](C(=O)NC2CCCCC2)N(Cc2ccccc2Cl)C(=O)[C@@H]13. The van der Waals surface area contributed by atoms with Gasteiger partial charge in [0.1, 0.15) is 23.1 Å². The van der Waals surface area contributed by atoms with Crippen LogP contribution in [0.2, 0.25) is 5.02 Å². The van der Waals surface area contributed by atoms with Crippen LogP contribution in [0.3, 0.4) is 0 Å². The van der Waals surface area contributed by atoms with E-state index >= 15 is 0 Å². The van der Waals surface area contributed by atoms with Gasteiger partial charge in [0.2, 0.25) is 17.7 Å². The molecule has 7 rings (SSSR count). The first-order valence-electron chi connectivity index (χ1n) is 15.3. The fraction of sp³-hybridized carbons (Fsp3) is 0.343. The molecule has 5 atom stereocenters. The first-order chi connectivity index (χ1) is 21.4. The highest BCUT2D eigenvalue weighted by atomic mass is 35.5. The average Bonchev–Trinajstić information content (AvgIpc) is 3.68. The van der Waals surface area contributed by atoms with Crippen LogP contribution >= 0.6 is 11.6 Å². The van der Waals surface area contributed by atoms with Crippen LogP contribution in [0.4, 0.5) is 5.69 Å². The van der Waals surface area contributed by atoms with Crippen molar-refractivity contribution >= 4 is 35.0 Å². The zero-order valence-corrected chi connectivity index (χ0v) is 24.9. The van der Waals surface area contributed by atoms with Crippen molar-refractivity contribution in [2.75, 3.05) is 5.32 Å². The summed E-state index contributed by atoms with van der Waals surface area (Å²) >= 11 is 6.50. The lowest BCUT2D eigenvalue weighted by Crippen LogP contribution is -2.56. The molecule has 1 aliphatic carbocycles. The third-order valence-corrected chi connectivity index (χ3v) is 9.64. The number of hydrogen-bond acceptors (Lipinski definition) is 5. The van der Waals surface area contributed by atoms with E-state index in [1.54, 1.807) is 35.2 Å². The Morgan fingerprint density at radius 1 is 0.909 bits per heavy atom. The molecule has 0 radical (unpaired) electrons. The predicted molar refractivity (Wildman–Crippen MR) is 166 cm³/mol. The predicted octanol–water partition coefficient (Wildman–Crippen LogP) is 5.87. The molecule has 3 fully saturated rings. The third kappa shape index (κ3) is 5.16. The summed E-state index contributed by atoms with van der Waals surface area (Å²) in [6.07, 6.45) is 8.14. The van der Waals surface area contributed by atoms with Gasteiger partial charge in [-0.1, -0.05) is 79.4 Å². The van der Waals surface area contributed by atoms with Crippen molar-refractivity contribution in [3.8, 4) is 11.5 Å². The molecule has 3 heterocycles. The summed E-state index contributed by atoms with van der Waals surface area (Å²) in [6, 6.07) is 22.9. The van der Waals surface area contributed by atoms with Gasteiger partial charge < -0.3 is 25.0 Å². The summed E-state index contributed by atoms with van der Waals surface area (Å²) in [5, 5.41) is 6.70. The number of carbonyl (C=O) groups is 3. The number of benzene rings is 3. The Hall–Kier alpha value is -4.14. The summed E-state index contributed by atoms with van der Waals surface area (Å²) in [7, 11) is 0. The van der Waals surface area contributed by atoms with Gasteiger partial charge in [-0.05, 0) is 60.9 Å². The average molecular weight is 612 g/mol. The number of nitrogens with one attached hydrogen (secondary N) is 2. The molecular weight excluding hydrogens is 578 g/mol. The Kier molecular flexibility index (Phi) is 7.64. The molecule has 3 aromatic rings. The second kappa shape index (κ2) is 11.7. The van der Waals surface area contributed by atoms with Gasteiger partial charge >= 0.3 is 0 Å². The van der Waals surface area contributed by atoms with Gasteiger partial charge in [-0.2, -0.15) is 0 Å². The van der Waals surface area contributed by atoms with E-state index in [1.165, 1.54) is 0 Å². The van der Waals surface area contributed by atoms with Crippen LogP contribution in [0.5, 0.6) is 11.5 Å². The molecule has 0 aromatic heterocycles. The summed E-state index contributed by atoms with van der Waals surface area (Å²) in [4.78, 5) is 43.7. The van der Waals surface area contributed by atoms with Crippen molar-refractivity contribution in [1.29, 1.82) is 0 Å². The van der Waals surface area contributed by atoms with E-state index in [9.17, 15) is 14.4 Å². The minimum atomic E-state index is -1.24. The maximum Gasteiger partial charge on any atom is 0.246 e. The summed E-state index contributed by atoms with van der Waals surface area (Å²) in [5.41, 5.74) is 0.0600. The van der Waals surface area contributed by atoms with E-state index in [-0.39, 0.29) is 30.3 Å². The Balaban J connectivity index is 1.14. The van der Waals surface area contributed by atoms with Gasteiger partial charge in [0.05, 0.1) is 17.9 Å². The normalized spacial score (nSPS) is 27.3. The van der Waals surface area contributed by atoms with Crippen LogP contribution in [0, 0.1) is 11.8 Å². The Labute approximate surface area is 261 Å². The van der Waals surface area contributed by atoms with Gasteiger partial charge in [-0.15, -0.1) is 0 Å². The fourth-order valence-electron chi connectivity index (χ4n) is 7.23. The molecule has 2 bridgehead atoms. The quantitative estimate of drug-likeness (QED) is 0.311. The zero-order valence-electron chi connectivity index (χ0n) is 24.2. The standard InChI is InChI=1S/C35H34ClN3O5/c36-27-14-8-7-9-22(27)21-39-31(33(41)38-23-10-3-1-4-11-23)35-20-19-28(44-35)29(30(35)34(39)42)32(40)37-24-15-17-26(18-16-24)43-25-12-5-2-6-13-25/h2,5-9,12-20,23,28-31H,1,3-4,10-11,21H2,(H,37,40)(H,38,41)/t28-,29+,30-,31+,35-/m1/s1. The van der Waals surface area contributed by atoms with Crippen LogP contribution in [-0.2, 0) is 25.7 Å². The molecule has 2 N–H and O–H groups in total. The zero-order chi connectivity index (χ0) is 30.3. The number of ether oxygens (including phenoxy) is 2. The Morgan fingerprint density at radius 3 is 2.36 bits per heavy atom. The Bertz CT molecular complexity index is 1590. The van der Waals surface area contributed by atoms with E-state index in [2.05, 4.69) is 10.6 Å². The number of nitrogens with zero attached hydrogens (tertiary/aromatic N) is 1. The van der Waals surface area contributed by atoms with Crippen molar-refractivity contribution in [2.45, 2.75) is 62.4 Å². The van der Waals surface area contributed by atoms with Crippen molar-refractivity contribution in [3.63, 3.8) is 0 Å². The summed E-state index contributed by atoms with van der Waals surface area (Å²) in [5.74, 6) is -1.16. The van der Waals surface area contributed by atoms with Crippen molar-refractivity contribution < 1.29 is 23.9 Å². The van der Waals surface area contributed by atoms with Gasteiger partial charge in [-0.3, -0.25) is 14.4 Å². The first kappa shape index (κ1) is 28.6. The largest absolute Gasteiger partial charge is 0.457 e. The number of likely N-dealkylation sites (tertiary alicyclic amines) is 1. The fourth-order valence-corrected chi connectivity index (χ4v) is 7.43. The van der Waals surface area contributed by atoms with Gasteiger partial charge in [-0.25, -0.2) is 0 Å². The molecule has 3 aliphatic heterocycles. The Morgan fingerprint density at radius 2 is 1.61 bits per heavy atom. The minimum Gasteiger partial charge on any atom is -0.457 e. The summed E-state index contributed by atoms with van der Waals surface area (Å²) < 4.78 is 12.4. The molecule has 4 aliphatic rings. The van der Waals surface area contributed by atoms with Gasteiger partial charge in [0.25, 0.3) is 0 Å². The molecule has 44 heavy (non-hydrogen) atoms. The number of amides is 3. The lowest BCUT2D eigenvalue weighted by atomic mass is 9.74. The van der Waals surface area contributed by atoms with E-state index in [1.807, 2.05) is 60.7 Å². The smallest absolute Gasteiger partial charge is 0.246 e. The molecule has 1 spiro atoms. The second-order valence-electron chi connectivity index (χ2n) is 12.0. The number of hydrogen-bond donors (Lipinski definition) is 2. The molecule has 226 valence electrons. The number of halogens is 1. The van der Waals surface area contributed by atoms with E-state index in [0.717, 1.165) is 37.7 Å². The van der Waals surface area contributed by atoms with Gasteiger partial charge in [0.15, 0.2) is 0 Å². The molecular formula is C35H34ClN3O5. The lowest BCUT2D eigenvalue weighted by Gasteiger charge is -2.34. The maximum atomic E-state index is 14.3. The maximum absolute atomic E-state index is 14.3. The molecule has 1 saturated carbocycles. The number of anilines is 1. The highest BCUT2D eigenvalue weighted by Gasteiger charge is 2.72. The molecule has 2 saturated heterocycles. The number of fused-ring (bicyclic) bond motifs is 1. The second-order valence-corrected chi connectivity index (χ2v) is 12.4. The lowest BCUT2D eigenvalue weighted by molar-refractivity contribution is -0.142. The van der Waals surface area contributed by atoms with Crippen LogP contribution in [-0.4, -0.2) is 46.4 Å². The minimum absolute atomic E-state index is 0.0551. The van der Waals surface area contributed by atoms with Crippen molar-refractivity contribution in [3.05, 3.63) is 102 Å². The molecule has 3 amide bonds. The first-order valence-corrected chi connectivity index (χ1v) is 15.7. The highest BCUT2D eigenvalue weighted by Crippen LogP contribution is 2.55. The van der Waals surface area contributed by atoms with Crippen LogP contribution in [0.25, 0.3) is 0 Å². The third-order valence-electron chi connectivity index (χ3n) is 9.28. The number of para-hydroxylation sites is 1. The monoisotopic (exact) mass is 611 g/mol. The van der Waals surface area contributed by atoms with Crippen LogP contribution < -0.4 is 15.4 Å². The number of carbonyl (C=O) groups excluding carboxylic acids is 3. The molecule has 3 aromatic carbocycles. The summed E-state index contributed by atoms with van der Waals surface area (Å²) in [6.45, 7) is 0.137. The molecule has 0 unspecified atom stereocenters. The van der Waals surface area contributed by atoms with Crippen LogP contribution in [0.1, 0.15) is 37.7 Å². The molecule has 9 heteroatoms.